The molecule has 2 aromatic rings. The predicted molar refractivity (Wildman–Crippen MR) is 113 cm³/mol. The minimum Gasteiger partial charge on any atom is -0.484 e. The van der Waals surface area contributed by atoms with Crippen molar-refractivity contribution < 1.29 is 19.1 Å². The van der Waals surface area contributed by atoms with E-state index in [0.29, 0.717) is 31.1 Å². The van der Waals surface area contributed by atoms with Gasteiger partial charge in [-0.15, -0.1) is 0 Å². The van der Waals surface area contributed by atoms with E-state index in [-0.39, 0.29) is 30.4 Å². The minimum atomic E-state index is -0.137. The third-order valence-electron chi connectivity index (χ3n) is 5.07. The molecule has 1 heterocycles. The van der Waals surface area contributed by atoms with Gasteiger partial charge in [-0.05, 0) is 42.7 Å². The molecule has 6 nitrogen and oxygen atoms in total. The molecule has 2 amide bonds. The van der Waals surface area contributed by atoms with Crippen molar-refractivity contribution in [2.24, 2.45) is 5.92 Å². The van der Waals surface area contributed by atoms with Crippen molar-refractivity contribution in [2.75, 3.05) is 31.6 Å². The molecule has 1 saturated heterocycles. The summed E-state index contributed by atoms with van der Waals surface area (Å²) < 4.78 is 12.5. The highest BCUT2D eigenvalue weighted by Crippen LogP contribution is 2.30. The number of amides is 2. The number of nitrogens with one attached hydrogen (secondary N) is 1. The van der Waals surface area contributed by atoms with Crippen LogP contribution in [0.5, 0.6) is 5.75 Å². The molecule has 2 fully saturated rings. The van der Waals surface area contributed by atoms with E-state index in [2.05, 4.69) is 21.2 Å². The van der Waals surface area contributed by atoms with Crippen LogP contribution in [0, 0.1) is 5.92 Å². The summed E-state index contributed by atoms with van der Waals surface area (Å²) in [6.45, 7) is 1.50. The largest absolute Gasteiger partial charge is 0.484 e. The van der Waals surface area contributed by atoms with Gasteiger partial charge < -0.3 is 19.7 Å². The predicted octanol–water partition coefficient (Wildman–Crippen LogP) is 3.78. The number of nitrogens with zero attached hydrogens (tertiary/aromatic N) is 1. The van der Waals surface area contributed by atoms with Crippen LogP contribution in [0.4, 0.5) is 5.69 Å². The van der Waals surface area contributed by atoms with Gasteiger partial charge >= 0.3 is 0 Å². The Hall–Kier alpha value is -2.38. The number of halogens is 1. The SMILES string of the molecule is O=C(Nc1cccc(OCC(=O)N2CCOC(c3ccc(Br)cc3)C2)c1)C1CC1. The normalized spacial score (nSPS) is 18.9. The second kappa shape index (κ2) is 8.97. The fourth-order valence-corrected chi connectivity index (χ4v) is 3.51. The van der Waals surface area contributed by atoms with Gasteiger partial charge in [0.15, 0.2) is 6.61 Å². The molecule has 1 aliphatic carbocycles. The van der Waals surface area contributed by atoms with Crippen molar-refractivity contribution in [3.8, 4) is 5.75 Å². The van der Waals surface area contributed by atoms with Crippen molar-refractivity contribution in [2.45, 2.75) is 18.9 Å². The molecule has 152 valence electrons. The minimum absolute atomic E-state index is 0.0468. The summed E-state index contributed by atoms with van der Waals surface area (Å²) in [7, 11) is 0. The Labute approximate surface area is 178 Å². The van der Waals surface area contributed by atoms with Crippen molar-refractivity contribution in [3.05, 3.63) is 58.6 Å². The van der Waals surface area contributed by atoms with Gasteiger partial charge in [0.05, 0.1) is 13.2 Å². The molecule has 0 radical (unpaired) electrons. The summed E-state index contributed by atoms with van der Waals surface area (Å²) in [5, 5.41) is 2.89. The van der Waals surface area contributed by atoms with Crippen LogP contribution in [-0.4, -0.2) is 43.0 Å². The van der Waals surface area contributed by atoms with Crippen molar-refractivity contribution in [1.29, 1.82) is 0 Å². The van der Waals surface area contributed by atoms with Gasteiger partial charge in [-0.25, -0.2) is 0 Å². The molecule has 1 aliphatic heterocycles. The average molecular weight is 459 g/mol. The van der Waals surface area contributed by atoms with E-state index in [1.54, 1.807) is 23.1 Å². The lowest BCUT2D eigenvalue weighted by Gasteiger charge is -2.33. The smallest absolute Gasteiger partial charge is 0.260 e. The number of morpholine rings is 1. The Morgan fingerprint density at radius 1 is 1.17 bits per heavy atom. The molecule has 0 aromatic heterocycles. The molecule has 2 aromatic carbocycles. The Kier molecular flexibility index (Phi) is 6.16. The van der Waals surface area contributed by atoms with E-state index < -0.39 is 0 Å². The van der Waals surface area contributed by atoms with Crippen LogP contribution in [0.15, 0.2) is 53.0 Å². The first-order chi connectivity index (χ1) is 14.1. The summed E-state index contributed by atoms with van der Waals surface area (Å²) in [6.07, 6.45) is 1.77. The Bertz CT molecular complexity index is 883. The van der Waals surface area contributed by atoms with Gasteiger partial charge in [0.2, 0.25) is 5.91 Å². The third-order valence-corrected chi connectivity index (χ3v) is 5.60. The number of hydrogen-bond donors (Lipinski definition) is 1. The van der Waals surface area contributed by atoms with Crippen molar-refractivity contribution in [3.63, 3.8) is 0 Å². The van der Waals surface area contributed by atoms with Crippen molar-refractivity contribution >= 4 is 33.4 Å². The highest BCUT2D eigenvalue weighted by molar-refractivity contribution is 9.10. The topological polar surface area (TPSA) is 67.9 Å². The highest BCUT2D eigenvalue weighted by atomic mass is 79.9. The fourth-order valence-electron chi connectivity index (χ4n) is 3.24. The monoisotopic (exact) mass is 458 g/mol. The molecule has 0 bridgehead atoms. The molecular formula is C22H23BrN2O4. The first kappa shape index (κ1) is 19.9. The second-order valence-corrected chi connectivity index (χ2v) is 8.25. The van der Waals surface area contributed by atoms with Crippen LogP contribution in [0.1, 0.15) is 24.5 Å². The van der Waals surface area contributed by atoms with Crippen LogP contribution < -0.4 is 10.1 Å². The van der Waals surface area contributed by atoms with Crippen molar-refractivity contribution in [1.82, 2.24) is 4.90 Å². The Morgan fingerprint density at radius 3 is 2.72 bits per heavy atom. The standard InChI is InChI=1S/C22H23BrN2O4/c23-17-8-6-15(7-9-17)20-13-25(10-11-28-20)21(26)14-29-19-3-1-2-18(12-19)24-22(27)16-4-5-16/h1-3,6-9,12,16,20H,4-5,10-11,13-14H2,(H,24,27). The first-order valence-electron chi connectivity index (χ1n) is 9.77. The average Bonchev–Trinajstić information content (AvgIpc) is 3.58. The number of anilines is 1. The fraction of sp³-hybridized carbons (Fsp3) is 0.364. The van der Waals surface area contributed by atoms with Gasteiger partial charge in [0.25, 0.3) is 5.91 Å². The zero-order chi connectivity index (χ0) is 20.2. The maximum atomic E-state index is 12.6. The number of carbonyl (C=O) groups excluding carboxylic acids is 2. The molecule has 1 N–H and O–H groups in total. The molecular weight excluding hydrogens is 436 g/mol. The summed E-state index contributed by atoms with van der Waals surface area (Å²) in [4.78, 5) is 26.3. The highest BCUT2D eigenvalue weighted by Gasteiger charge is 2.29. The van der Waals surface area contributed by atoms with Crippen LogP contribution in [0.2, 0.25) is 0 Å². The molecule has 2 aliphatic rings. The third kappa shape index (κ3) is 5.36. The van der Waals surface area contributed by atoms with Gasteiger partial charge in [-0.1, -0.05) is 34.1 Å². The zero-order valence-electron chi connectivity index (χ0n) is 16.0. The second-order valence-electron chi connectivity index (χ2n) is 7.33. The number of hydrogen-bond acceptors (Lipinski definition) is 4. The lowest BCUT2D eigenvalue weighted by Crippen LogP contribution is -2.44. The molecule has 29 heavy (non-hydrogen) atoms. The van der Waals surface area contributed by atoms with Crippen LogP contribution in [0.3, 0.4) is 0 Å². The van der Waals surface area contributed by atoms with E-state index in [4.69, 9.17) is 9.47 Å². The summed E-state index contributed by atoms with van der Waals surface area (Å²) >= 11 is 3.43. The van der Waals surface area contributed by atoms with E-state index in [0.717, 1.165) is 22.9 Å². The summed E-state index contributed by atoms with van der Waals surface area (Å²) in [6, 6.07) is 15.1. The van der Waals surface area contributed by atoms with E-state index in [1.165, 1.54) is 0 Å². The molecule has 4 rings (SSSR count). The van der Waals surface area contributed by atoms with Crippen LogP contribution in [-0.2, 0) is 14.3 Å². The molecule has 1 atom stereocenters. The van der Waals surface area contributed by atoms with Crippen LogP contribution >= 0.6 is 15.9 Å². The summed E-state index contributed by atoms with van der Waals surface area (Å²) in [5.74, 6) is 0.666. The molecule has 1 saturated carbocycles. The van der Waals surface area contributed by atoms with Gasteiger partial charge in [0, 0.05) is 28.7 Å². The van der Waals surface area contributed by atoms with E-state index >= 15 is 0 Å². The zero-order valence-corrected chi connectivity index (χ0v) is 17.6. The number of ether oxygens (including phenoxy) is 2. The summed E-state index contributed by atoms with van der Waals surface area (Å²) in [5.41, 5.74) is 1.74. The van der Waals surface area contributed by atoms with Gasteiger partial charge in [-0.2, -0.15) is 0 Å². The number of benzene rings is 2. The lowest BCUT2D eigenvalue weighted by molar-refractivity contribution is -0.141. The molecule has 1 unspecified atom stereocenters. The lowest BCUT2D eigenvalue weighted by atomic mass is 10.1. The number of rotatable bonds is 6. The molecule has 7 heteroatoms. The van der Waals surface area contributed by atoms with Crippen LogP contribution in [0.25, 0.3) is 0 Å². The first-order valence-corrected chi connectivity index (χ1v) is 10.6. The van der Waals surface area contributed by atoms with Gasteiger partial charge in [0.1, 0.15) is 11.9 Å². The van der Waals surface area contributed by atoms with E-state index in [1.807, 2.05) is 30.3 Å². The maximum Gasteiger partial charge on any atom is 0.260 e. The maximum absolute atomic E-state index is 12.6. The Balaban J connectivity index is 1.31. The quantitative estimate of drug-likeness (QED) is 0.714. The number of carbonyl (C=O) groups is 2. The molecule has 0 spiro atoms. The van der Waals surface area contributed by atoms with Gasteiger partial charge in [-0.3, -0.25) is 9.59 Å². The Morgan fingerprint density at radius 2 is 1.97 bits per heavy atom. The van der Waals surface area contributed by atoms with E-state index in [9.17, 15) is 9.59 Å².